The van der Waals surface area contributed by atoms with Gasteiger partial charge in [-0.3, -0.25) is 5.10 Å². The van der Waals surface area contributed by atoms with Gasteiger partial charge in [-0.2, -0.15) is 5.10 Å². The highest BCUT2D eigenvalue weighted by molar-refractivity contribution is 7.99. The summed E-state index contributed by atoms with van der Waals surface area (Å²) >= 11 is 1.70. The van der Waals surface area contributed by atoms with Crippen molar-refractivity contribution in [3.8, 4) is 11.3 Å². The van der Waals surface area contributed by atoms with E-state index >= 15 is 0 Å². The number of hydrogen-bond acceptors (Lipinski definition) is 4. The Bertz CT molecular complexity index is 988. The molecule has 0 aliphatic heterocycles. The average molecular weight is 335 g/mol. The molecular weight excluding hydrogens is 318 g/mol. The van der Waals surface area contributed by atoms with Gasteiger partial charge in [0.25, 0.3) is 0 Å². The van der Waals surface area contributed by atoms with Gasteiger partial charge >= 0.3 is 0 Å². The van der Waals surface area contributed by atoms with Crippen molar-refractivity contribution in [1.82, 2.24) is 25.0 Å². The molecule has 0 bridgehead atoms. The maximum absolute atomic E-state index is 4.50. The van der Waals surface area contributed by atoms with Gasteiger partial charge in [-0.1, -0.05) is 48.2 Å². The van der Waals surface area contributed by atoms with Crippen LogP contribution in [-0.2, 0) is 7.05 Å². The molecule has 0 amide bonds. The van der Waals surface area contributed by atoms with Crippen molar-refractivity contribution in [3.63, 3.8) is 0 Å². The predicted octanol–water partition coefficient (Wildman–Crippen LogP) is 4.21. The minimum atomic E-state index is 0.276. The van der Waals surface area contributed by atoms with Crippen molar-refractivity contribution in [2.24, 2.45) is 7.05 Å². The number of fused-ring (bicyclic) bond motifs is 1. The molecule has 0 unspecified atom stereocenters. The van der Waals surface area contributed by atoms with E-state index in [1.54, 1.807) is 18.1 Å². The van der Waals surface area contributed by atoms with E-state index in [2.05, 4.69) is 57.7 Å². The summed E-state index contributed by atoms with van der Waals surface area (Å²) in [4.78, 5) is 0. The minimum absolute atomic E-state index is 0.276. The third kappa shape index (κ3) is 2.69. The molecule has 6 heteroatoms. The third-order valence-electron chi connectivity index (χ3n) is 4.05. The van der Waals surface area contributed by atoms with E-state index in [1.807, 2.05) is 29.8 Å². The van der Waals surface area contributed by atoms with E-state index in [1.165, 1.54) is 5.56 Å². The molecule has 0 fully saturated rings. The molecule has 0 aliphatic rings. The normalized spacial score (nSPS) is 12.6. The van der Waals surface area contributed by atoms with Crippen molar-refractivity contribution in [2.45, 2.75) is 17.3 Å². The van der Waals surface area contributed by atoms with Crippen LogP contribution in [0.25, 0.3) is 22.2 Å². The largest absolute Gasteiger partial charge is 0.312 e. The SMILES string of the molecule is C[C@H](Sc1nncn1C)c1cccc(-c2n[nH]c3ccccc23)c1. The number of aromatic nitrogens is 5. The zero-order valence-electron chi connectivity index (χ0n) is 13.5. The molecule has 0 radical (unpaired) electrons. The zero-order valence-corrected chi connectivity index (χ0v) is 14.3. The van der Waals surface area contributed by atoms with Crippen LogP contribution >= 0.6 is 11.8 Å². The maximum Gasteiger partial charge on any atom is 0.191 e. The highest BCUT2D eigenvalue weighted by Gasteiger charge is 2.13. The number of nitrogens with one attached hydrogen (secondary N) is 1. The van der Waals surface area contributed by atoms with Crippen LogP contribution in [-0.4, -0.2) is 25.0 Å². The van der Waals surface area contributed by atoms with Crippen molar-refractivity contribution in [3.05, 3.63) is 60.4 Å². The molecule has 1 N–H and O–H groups in total. The van der Waals surface area contributed by atoms with Gasteiger partial charge in [-0.15, -0.1) is 10.2 Å². The predicted molar refractivity (Wildman–Crippen MR) is 96.8 cm³/mol. The lowest BCUT2D eigenvalue weighted by atomic mass is 10.0. The van der Waals surface area contributed by atoms with E-state index in [0.29, 0.717) is 0 Å². The molecule has 24 heavy (non-hydrogen) atoms. The summed E-state index contributed by atoms with van der Waals surface area (Å²) in [6.07, 6.45) is 1.72. The van der Waals surface area contributed by atoms with Crippen LogP contribution in [0.5, 0.6) is 0 Å². The standard InChI is InChI=1S/C18H17N5S/c1-12(24-18-22-19-11-23(18)2)13-6-5-7-14(10-13)17-15-8-3-4-9-16(15)20-21-17/h3-12H,1-2H3,(H,20,21)/t12-/m0/s1. The fourth-order valence-corrected chi connectivity index (χ4v) is 3.63. The fourth-order valence-electron chi connectivity index (χ4n) is 2.73. The summed E-state index contributed by atoms with van der Waals surface area (Å²) in [5, 5.41) is 18.0. The Morgan fingerprint density at radius 2 is 2.00 bits per heavy atom. The van der Waals surface area contributed by atoms with Gasteiger partial charge < -0.3 is 4.57 Å². The molecule has 0 saturated heterocycles. The molecule has 2 aromatic carbocycles. The van der Waals surface area contributed by atoms with Crippen LogP contribution in [0.2, 0.25) is 0 Å². The Morgan fingerprint density at radius 3 is 2.83 bits per heavy atom. The van der Waals surface area contributed by atoms with Crippen LogP contribution in [0.15, 0.2) is 60.0 Å². The maximum atomic E-state index is 4.50. The molecule has 0 saturated carbocycles. The van der Waals surface area contributed by atoms with Gasteiger partial charge in [0.2, 0.25) is 0 Å². The van der Waals surface area contributed by atoms with Crippen LogP contribution in [0, 0.1) is 0 Å². The quantitative estimate of drug-likeness (QED) is 0.568. The van der Waals surface area contributed by atoms with Crippen molar-refractivity contribution in [1.29, 1.82) is 0 Å². The average Bonchev–Trinajstić information content (AvgIpc) is 3.21. The molecule has 2 heterocycles. The lowest BCUT2D eigenvalue weighted by Gasteiger charge is -2.12. The number of benzene rings is 2. The number of para-hydroxylation sites is 1. The van der Waals surface area contributed by atoms with Gasteiger partial charge in [-0.25, -0.2) is 0 Å². The summed E-state index contributed by atoms with van der Waals surface area (Å²) in [6.45, 7) is 2.18. The fraction of sp³-hybridized carbons (Fsp3) is 0.167. The first-order chi connectivity index (χ1) is 11.7. The van der Waals surface area contributed by atoms with E-state index in [-0.39, 0.29) is 5.25 Å². The minimum Gasteiger partial charge on any atom is -0.312 e. The molecule has 120 valence electrons. The number of hydrogen-bond donors (Lipinski definition) is 1. The van der Waals surface area contributed by atoms with Crippen LogP contribution < -0.4 is 0 Å². The Labute approximate surface area is 144 Å². The first-order valence-corrected chi connectivity index (χ1v) is 8.64. The molecule has 4 aromatic rings. The lowest BCUT2D eigenvalue weighted by molar-refractivity contribution is 0.785. The number of aryl methyl sites for hydroxylation is 1. The molecule has 5 nitrogen and oxygen atoms in total. The van der Waals surface area contributed by atoms with Gasteiger partial charge in [0.1, 0.15) is 6.33 Å². The van der Waals surface area contributed by atoms with Crippen LogP contribution in [0.1, 0.15) is 17.7 Å². The Morgan fingerprint density at radius 1 is 1.12 bits per heavy atom. The van der Waals surface area contributed by atoms with E-state index in [0.717, 1.165) is 27.3 Å². The third-order valence-corrected chi connectivity index (χ3v) is 5.26. The lowest BCUT2D eigenvalue weighted by Crippen LogP contribution is -1.94. The number of H-pyrrole nitrogens is 1. The first kappa shape index (κ1) is 15.0. The Balaban J connectivity index is 1.67. The zero-order chi connectivity index (χ0) is 16.5. The summed E-state index contributed by atoms with van der Waals surface area (Å²) in [5.41, 5.74) is 4.41. The van der Waals surface area contributed by atoms with E-state index < -0.39 is 0 Å². The molecule has 2 aromatic heterocycles. The molecule has 0 aliphatic carbocycles. The van der Waals surface area contributed by atoms with Crippen LogP contribution in [0.3, 0.4) is 0 Å². The topological polar surface area (TPSA) is 59.4 Å². The monoisotopic (exact) mass is 335 g/mol. The van der Waals surface area contributed by atoms with Gasteiger partial charge in [-0.05, 0) is 24.6 Å². The second kappa shape index (κ2) is 6.13. The molecular formula is C18H17N5S. The second-order valence-electron chi connectivity index (χ2n) is 5.73. The number of aromatic amines is 1. The van der Waals surface area contributed by atoms with Crippen molar-refractivity contribution in [2.75, 3.05) is 0 Å². The summed E-state index contributed by atoms with van der Waals surface area (Å²) in [5.74, 6) is 0. The highest BCUT2D eigenvalue weighted by atomic mass is 32.2. The molecule has 1 atom stereocenters. The number of nitrogens with zero attached hydrogens (tertiary/aromatic N) is 4. The molecule has 0 spiro atoms. The first-order valence-electron chi connectivity index (χ1n) is 7.76. The Hall–Kier alpha value is -2.60. The van der Waals surface area contributed by atoms with E-state index in [9.17, 15) is 0 Å². The molecule has 4 rings (SSSR count). The second-order valence-corrected chi connectivity index (χ2v) is 7.04. The highest BCUT2D eigenvalue weighted by Crippen LogP contribution is 2.35. The summed E-state index contributed by atoms with van der Waals surface area (Å²) < 4.78 is 1.94. The van der Waals surface area contributed by atoms with Crippen molar-refractivity contribution < 1.29 is 0 Å². The van der Waals surface area contributed by atoms with Gasteiger partial charge in [0.05, 0.1) is 11.2 Å². The summed E-state index contributed by atoms with van der Waals surface area (Å²) in [7, 11) is 1.96. The summed E-state index contributed by atoms with van der Waals surface area (Å²) in [6, 6.07) is 16.7. The number of rotatable bonds is 4. The van der Waals surface area contributed by atoms with E-state index in [4.69, 9.17) is 0 Å². The van der Waals surface area contributed by atoms with Gasteiger partial charge in [0.15, 0.2) is 5.16 Å². The van der Waals surface area contributed by atoms with Crippen molar-refractivity contribution >= 4 is 22.7 Å². The Kier molecular flexibility index (Phi) is 3.82. The van der Waals surface area contributed by atoms with Crippen LogP contribution in [0.4, 0.5) is 0 Å². The van der Waals surface area contributed by atoms with Gasteiger partial charge in [0, 0.05) is 23.2 Å². The number of thioether (sulfide) groups is 1. The smallest absolute Gasteiger partial charge is 0.191 e.